The number of carbonyl (C=O) groups excluding carboxylic acids is 1. The highest BCUT2D eigenvalue weighted by atomic mass is 32.1. The van der Waals surface area contributed by atoms with E-state index in [0.29, 0.717) is 12.0 Å². The van der Waals surface area contributed by atoms with Gasteiger partial charge in [-0.05, 0) is 75.8 Å². The zero-order valence-electron chi connectivity index (χ0n) is 21.2. The second kappa shape index (κ2) is 10.8. The van der Waals surface area contributed by atoms with Gasteiger partial charge in [-0.2, -0.15) is 11.3 Å². The molecule has 0 aliphatic heterocycles. The van der Waals surface area contributed by atoms with E-state index in [1.807, 2.05) is 36.0 Å². The number of aryl methyl sites for hydroxylation is 1. The van der Waals surface area contributed by atoms with Crippen molar-refractivity contribution < 1.29 is 13.6 Å². The number of nitrogens with zero attached hydrogens (tertiary/aromatic N) is 2. The number of thiophene rings is 1. The molecule has 0 saturated carbocycles. The molecule has 6 aromatic rings. The van der Waals surface area contributed by atoms with Crippen LogP contribution in [-0.4, -0.2) is 20.3 Å². The largest absolute Gasteiger partial charge is 0.346 e. The molecule has 40 heavy (non-hydrogen) atoms. The molecular weight excluding hydrogens is 528 g/mol. The molecule has 0 radical (unpaired) electrons. The Morgan fingerprint density at radius 3 is 2.65 bits per heavy atom. The van der Waals surface area contributed by atoms with E-state index in [4.69, 9.17) is 0 Å². The van der Waals surface area contributed by atoms with E-state index in [9.17, 15) is 18.4 Å². The number of aromatic amines is 1. The van der Waals surface area contributed by atoms with Gasteiger partial charge in [0.15, 0.2) is 17.4 Å². The Morgan fingerprint density at radius 2 is 1.82 bits per heavy atom. The maximum absolute atomic E-state index is 13.6. The fraction of sp³-hybridized carbons (Fsp3) is 0.0938. The summed E-state index contributed by atoms with van der Waals surface area (Å²) in [6, 6.07) is 18.8. The standard InChI is InChI=1S/C32H23F2N3O2S/c33-28-8-6-21(14-29(28)34)18-37-11-2-5-25(32(37)39)30(38)9-7-20-3-1-4-22(13-20)27-17-36-31-26(27)15-24(16-35-31)23-10-12-40-19-23/h1-6,8,10-17,19H,7,9,18H2,(H,35,36). The van der Waals surface area contributed by atoms with Crippen LogP contribution in [0, 0.1) is 11.6 Å². The van der Waals surface area contributed by atoms with E-state index < -0.39 is 17.2 Å². The minimum atomic E-state index is -0.980. The van der Waals surface area contributed by atoms with Crippen LogP contribution in [0.15, 0.2) is 101 Å². The number of nitrogens with one attached hydrogen (secondary N) is 1. The van der Waals surface area contributed by atoms with Crippen LogP contribution in [0.25, 0.3) is 33.3 Å². The maximum Gasteiger partial charge on any atom is 0.261 e. The monoisotopic (exact) mass is 551 g/mol. The van der Waals surface area contributed by atoms with Crippen LogP contribution in [0.5, 0.6) is 0 Å². The number of benzene rings is 2. The van der Waals surface area contributed by atoms with Gasteiger partial charge in [0.25, 0.3) is 5.56 Å². The molecule has 0 aliphatic rings. The summed E-state index contributed by atoms with van der Waals surface area (Å²) >= 11 is 1.64. The van der Waals surface area contributed by atoms with E-state index in [-0.39, 0.29) is 24.3 Å². The second-order valence-electron chi connectivity index (χ2n) is 9.56. The van der Waals surface area contributed by atoms with Crippen LogP contribution < -0.4 is 5.56 Å². The van der Waals surface area contributed by atoms with Gasteiger partial charge in [-0.3, -0.25) is 9.59 Å². The predicted molar refractivity (Wildman–Crippen MR) is 154 cm³/mol. The number of aromatic nitrogens is 3. The van der Waals surface area contributed by atoms with Crippen molar-refractivity contribution in [1.29, 1.82) is 0 Å². The van der Waals surface area contributed by atoms with Gasteiger partial charge in [-0.25, -0.2) is 13.8 Å². The van der Waals surface area contributed by atoms with Gasteiger partial charge in [-0.1, -0.05) is 30.3 Å². The first-order valence-corrected chi connectivity index (χ1v) is 13.7. The van der Waals surface area contributed by atoms with Gasteiger partial charge in [-0.15, -0.1) is 0 Å². The number of fused-ring (bicyclic) bond motifs is 1. The van der Waals surface area contributed by atoms with Crippen LogP contribution in [-0.2, 0) is 13.0 Å². The molecule has 1 N–H and O–H groups in total. The first-order chi connectivity index (χ1) is 19.5. The van der Waals surface area contributed by atoms with Crippen molar-refractivity contribution in [2.75, 3.05) is 0 Å². The first kappa shape index (κ1) is 25.6. The lowest BCUT2D eigenvalue weighted by Crippen LogP contribution is -2.26. The number of rotatable bonds is 8. The molecule has 0 aliphatic carbocycles. The van der Waals surface area contributed by atoms with Crippen LogP contribution in [0.4, 0.5) is 8.78 Å². The highest BCUT2D eigenvalue weighted by Crippen LogP contribution is 2.32. The van der Waals surface area contributed by atoms with Crippen LogP contribution in [0.2, 0.25) is 0 Å². The third-order valence-electron chi connectivity index (χ3n) is 6.92. The van der Waals surface area contributed by atoms with Crippen molar-refractivity contribution in [3.8, 4) is 22.3 Å². The molecule has 0 bridgehead atoms. The van der Waals surface area contributed by atoms with Crippen molar-refractivity contribution in [2.24, 2.45) is 0 Å². The number of pyridine rings is 2. The maximum atomic E-state index is 13.6. The molecular formula is C32H23F2N3O2S. The Balaban J connectivity index is 1.20. The minimum absolute atomic E-state index is 0.0345. The van der Waals surface area contributed by atoms with Crippen molar-refractivity contribution in [3.63, 3.8) is 0 Å². The number of ketones is 1. The summed E-state index contributed by atoms with van der Waals surface area (Å²) in [6.45, 7) is 0.0345. The number of Topliss-reactive ketones (excluding diaryl/α,β-unsaturated/α-hetero) is 1. The quantitative estimate of drug-likeness (QED) is 0.203. The molecule has 6 rings (SSSR count). The van der Waals surface area contributed by atoms with Gasteiger partial charge in [0.1, 0.15) is 5.65 Å². The zero-order valence-corrected chi connectivity index (χ0v) is 22.1. The van der Waals surface area contributed by atoms with Crippen molar-refractivity contribution in [2.45, 2.75) is 19.4 Å². The molecule has 0 unspecified atom stereocenters. The highest BCUT2D eigenvalue weighted by Gasteiger charge is 2.14. The van der Waals surface area contributed by atoms with Gasteiger partial charge >= 0.3 is 0 Å². The third-order valence-corrected chi connectivity index (χ3v) is 7.61. The molecule has 8 heteroatoms. The minimum Gasteiger partial charge on any atom is -0.346 e. The van der Waals surface area contributed by atoms with Crippen LogP contribution >= 0.6 is 11.3 Å². The predicted octanol–water partition coefficient (Wildman–Crippen LogP) is 7.26. The number of halogens is 2. The number of carbonyl (C=O) groups is 1. The topological polar surface area (TPSA) is 67.8 Å². The van der Waals surface area contributed by atoms with Crippen molar-refractivity contribution >= 4 is 28.2 Å². The van der Waals surface area contributed by atoms with Crippen molar-refractivity contribution in [1.82, 2.24) is 14.5 Å². The third kappa shape index (κ3) is 5.13. The molecule has 2 aromatic carbocycles. The van der Waals surface area contributed by atoms with Crippen molar-refractivity contribution in [3.05, 3.63) is 135 Å². The SMILES string of the molecule is O=C(CCc1cccc(-c2c[nH]c3ncc(-c4ccsc4)cc23)c1)c1cccn(Cc2ccc(F)c(F)c2)c1=O. The summed E-state index contributed by atoms with van der Waals surface area (Å²) in [4.78, 5) is 33.9. The summed E-state index contributed by atoms with van der Waals surface area (Å²) in [5.74, 6) is -2.20. The lowest BCUT2D eigenvalue weighted by atomic mass is 9.98. The summed E-state index contributed by atoms with van der Waals surface area (Å²) in [5.41, 5.74) is 6.03. The molecule has 0 saturated heterocycles. The number of hydrogen-bond acceptors (Lipinski definition) is 4. The van der Waals surface area contributed by atoms with E-state index in [1.165, 1.54) is 22.9 Å². The summed E-state index contributed by atoms with van der Waals surface area (Å²) in [5, 5.41) is 5.15. The van der Waals surface area contributed by atoms with Gasteiger partial charge in [0, 0.05) is 41.5 Å². The summed E-state index contributed by atoms with van der Waals surface area (Å²) in [7, 11) is 0. The smallest absolute Gasteiger partial charge is 0.261 e. The Morgan fingerprint density at radius 1 is 0.925 bits per heavy atom. The second-order valence-corrected chi connectivity index (χ2v) is 10.3. The average molecular weight is 552 g/mol. The summed E-state index contributed by atoms with van der Waals surface area (Å²) in [6.07, 6.45) is 5.96. The van der Waals surface area contributed by atoms with E-state index in [2.05, 4.69) is 33.5 Å². The highest BCUT2D eigenvalue weighted by molar-refractivity contribution is 7.08. The van der Waals surface area contributed by atoms with E-state index in [0.717, 1.165) is 51.0 Å². The Labute approximate surface area is 232 Å². The first-order valence-electron chi connectivity index (χ1n) is 12.7. The fourth-order valence-corrected chi connectivity index (χ4v) is 5.49. The molecule has 0 spiro atoms. The molecule has 4 heterocycles. The Hall–Kier alpha value is -4.69. The average Bonchev–Trinajstić information content (AvgIpc) is 3.65. The molecule has 0 fully saturated rings. The normalized spacial score (nSPS) is 11.2. The zero-order chi connectivity index (χ0) is 27.6. The molecule has 0 amide bonds. The number of hydrogen-bond donors (Lipinski definition) is 1. The van der Waals surface area contributed by atoms with Crippen LogP contribution in [0.1, 0.15) is 27.9 Å². The Bertz CT molecular complexity index is 1910. The lowest BCUT2D eigenvalue weighted by molar-refractivity contribution is 0.0980. The van der Waals surface area contributed by atoms with Gasteiger partial charge < -0.3 is 9.55 Å². The van der Waals surface area contributed by atoms with E-state index in [1.54, 1.807) is 17.4 Å². The van der Waals surface area contributed by atoms with Gasteiger partial charge in [0.2, 0.25) is 0 Å². The van der Waals surface area contributed by atoms with E-state index >= 15 is 0 Å². The molecule has 4 aromatic heterocycles. The fourth-order valence-electron chi connectivity index (χ4n) is 4.82. The number of H-pyrrole nitrogens is 1. The van der Waals surface area contributed by atoms with Crippen LogP contribution in [0.3, 0.4) is 0 Å². The van der Waals surface area contributed by atoms with Gasteiger partial charge in [0.05, 0.1) is 12.1 Å². The molecule has 0 atom stereocenters. The molecule has 198 valence electrons. The molecule has 5 nitrogen and oxygen atoms in total. The lowest BCUT2D eigenvalue weighted by Gasteiger charge is -2.09. The Kier molecular flexibility index (Phi) is 6.92. The summed E-state index contributed by atoms with van der Waals surface area (Å²) < 4.78 is 28.2.